The van der Waals surface area contributed by atoms with Gasteiger partial charge in [0.15, 0.2) is 6.10 Å². The molecule has 1 atom stereocenters. The molecule has 1 fully saturated rings. The highest BCUT2D eigenvalue weighted by Gasteiger charge is 2.20. The normalized spacial score (nSPS) is 27.7. The molecular weight excluding hydrogens is 122 g/mol. The average molecular weight is 131 g/mol. The lowest BCUT2D eigenvalue weighted by molar-refractivity contribution is -0.140. The number of hydrogen-bond acceptors (Lipinski definition) is 3. The first-order valence-electron chi connectivity index (χ1n) is 2.85. The van der Waals surface area contributed by atoms with E-state index in [9.17, 15) is 4.79 Å². The van der Waals surface area contributed by atoms with E-state index in [1.54, 1.807) is 0 Å². The zero-order valence-corrected chi connectivity index (χ0v) is 4.96. The predicted molar refractivity (Wildman–Crippen MR) is 29.8 cm³/mol. The van der Waals surface area contributed by atoms with E-state index in [1.165, 1.54) is 0 Å². The van der Waals surface area contributed by atoms with Crippen molar-refractivity contribution in [2.24, 2.45) is 0 Å². The molecule has 2 N–H and O–H groups in total. The van der Waals surface area contributed by atoms with Gasteiger partial charge in [0.1, 0.15) is 0 Å². The fourth-order valence-corrected chi connectivity index (χ4v) is 0.701. The zero-order chi connectivity index (χ0) is 6.69. The minimum Gasteiger partial charge on any atom is -0.393 e. The summed E-state index contributed by atoms with van der Waals surface area (Å²) in [5.41, 5.74) is 0. The van der Waals surface area contributed by atoms with Gasteiger partial charge in [-0.05, 0) is 0 Å². The molecule has 1 heterocycles. The molecule has 0 radical (unpaired) electrons. The van der Waals surface area contributed by atoms with E-state index < -0.39 is 6.10 Å². The topological polar surface area (TPSA) is 58.6 Å². The highest BCUT2D eigenvalue weighted by atomic mass is 16.5. The molecule has 0 bridgehead atoms. The lowest BCUT2D eigenvalue weighted by atomic mass is 10.3. The Morgan fingerprint density at radius 2 is 2.67 bits per heavy atom. The van der Waals surface area contributed by atoms with Crippen molar-refractivity contribution in [2.45, 2.75) is 6.10 Å². The van der Waals surface area contributed by atoms with Crippen LogP contribution in [0, 0.1) is 0 Å². The summed E-state index contributed by atoms with van der Waals surface area (Å²) >= 11 is 0. The van der Waals surface area contributed by atoms with E-state index in [1.807, 2.05) is 0 Å². The summed E-state index contributed by atoms with van der Waals surface area (Å²) in [6.07, 6.45) is -0.640. The quantitative estimate of drug-likeness (QED) is 0.455. The molecule has 1 saturated heterocycles. The first-order chi connectivity index (χ1) is 4.34. The lowest BCUT2D eigenvalue weighted by Gasteiger charge is -2.20. The van der Waals surface area contributed by atoms with Crippen molar-refractivity contribution in [2.75, 3.05) is 19.8 Å². The largest absolute Gasteiger partial charge is 0.393 e. The van der Waals surface area contributed by atoms with Crippen LogP contribution in [-0.2, 0) is 9.53 Å². The first-order valence-corrected chi connectivity index (χ1v) is 2.85. The minimum absolute atomic E-state index is 0.219. The van der Waals surface area contributed by atoms with Crippen LogP contribution in [0.2, 0.25) is 0 Å². The summed E-state index contributed by atoms with van der Waals surface area (Å²) in [4.78, 5) is 10.6. The molecule has 4 nitrogen and oxygen atoms in total. The highest BCUT2D eigenvalue weighted by molar-refractivity contribution is 5.81. The fraction of sp³-hybridized carbons (Fsp3) is 0.800. The molecule has 1 aliphatic heterocycles. The van der Waals surface area contributed by atoms with Crippen LogP contribution >= 0.6 is 0 Å². The van der Waals surface area contributed by atoms with Gasteiger partial charge in [-0.3, -0.25) is 4.79 Å². The summed E-state index contributed by atoms with van der Waals surface area (Å²) in [5, 5.41) is 11.0. The van der Waals surface area contributed by atoms with E-state index in [4.69, 9.17) is 9.84 Å². The van der Waals surface area contributed by atoms with Crippen molar-refractivity contribution in [3.8, 4) is 0 Å². The number of carbonyl (C=O) groups excluding carboxylic acids is 1. The van der Waals surface area contributed by atoms with Gasteiger partial charge >= 0.3 is 0 Å². The van der Waals surface area contributed by atoms with Crippen molar-refractivity contribution in [3.63, 3.8) is 0 Å². The van der Waals surface area contributed by atoms with Crippen molar-refractivity contribution >= 4 is 5.91 Å². The van der Waals surface area contributed by atoms with Gasteiger partial charge in [0.25, 0.3) is 5.91 Å². The molecule has 1 unspecified atom stereocenters. The number of amides is 1. The molecule has 0 saturated carbocycles. The monoisotopic (exact) mass is 131 g/mol. The second kappa shape index (κ2) is 2.80. The van der Waals surface area contributed by atoms with E-state index in [-0.39, 0.29) is 12.5 Å². The van der Waals surface area contributed by atoms with Crippen LogP contribution in [0.4, 0.5) is 0 Å². The molecule has 4 heteroatoms. The predicted octanol–water partition coefficient (Wildman–Crippen LogP) is -1.51. The van der Waals surface area contributed by atoms with Crippen LogP contribution in [-0.4, -0.2) is 36.9 Å². The number of nitrogens with one attached hydrogen (secondary N) is 1. The summed E-state index contributed by atoms with van der Waals surface area (Å²) in [5.74, 6) is -0.219. The molecular formula is C5H9NO3. The minimum atomic E-state index is -0.640. The van der Waals surface area contributed by atoms with Gasteiger partial charge < -0.3 is 15.2 Å². The number of aliphatic hydroxyl groups is 1. The standard InChI is InChI=1S/C5H9NO3/c7-3-4-5(8)6-1-2-9-4/h4,7H,1-3H2,(H,6,8). The van der Waals surface area contributed by atoms with Crippen molar-refractivity contribution < 1.29 is 14.6 Å². The van der Waals surface area contributed by atoms with E-state index in [2.05, 4.69) is 5.32 Å². The Labute approximate surface area is 52.8 Å². The molecule has 0 spiro atoms. The Morgan fingerprint density at radius 1 is 1.89 bits per heavy atom. The summed E-state index contributed by atoms with van der Waals surface area (Å²) < 4.78 is 4.88. The van der Waals surface area contributed by atoms with E-state index in [0.717, 1.165) is 0 Å². The molecule has 9 heavy (non-hydrogen) atoms. The average Bonchev–Trinajstić information content (AvgIpc) is 1.89. The summed E-state index contributed by atoms with van der Waals surface area (Å²) in [7, 11) is 0. The van der Waals surface area contributed by atoms with Crippen molar-refractivity contribution in [1.29, 1.82) is 0 Å². The van der Waals surface area contributed by atoms with Crippen molar-refractivity contribution in [3.05, 3.63) is 0 Å². The van der Waals surface area contributed by atoms with Crippen LogP contribution in [0.3, 0.4) is 0 Å². The Hall–Kier alpha value is -0.610. The van der Waals surface area contributed by atoms with Gasteiger partial charge in [-0.15, -0.1) is 0 Å². The van der Waals surface area contributed by atoms with Crippen LogP contribution in [0.15, 0.2) is 0 Å². The second-order valence-corrected chi connectivity index (χ2v) is 1.83. The third-order valence-corrected chi connectivity index (χ3v) is 1.18. The van der Waals surface area contributed by atoms with E-state index in [0.29, 0.717) is 13.2 Å². The van der Waals surface area contributed by atoms with Gasteiger partial charge in [-0.25, -0.2) is 0 Å². The van der Waals surface area contributed by atoms with Gasteiger partial charge in [-0.2, -0.15) is 0 Å². The number of ether oxygens (including phenoxy) is 1. The summed E-state index contributed by atoms with van der Waals surface area (Å²) in [6, 6.07) is 0. The maximum atomic E-state index is 10.6. The number of carbonyl (C=O) groups is 1. The maximum absolute atomic E-state index is 10.6. The Bertz CT molecular complexity index is 115. The molecule has 0 aliphatic carbocycles. The van der Waals surface area contributed by atoms with Crippen LogP contribution in [0.25, 0.3) is 0 Å². The lowest BCUT2D eigenvalue weighted by Crippen LogP contribution is -2.45. The molecule has 0 aromatic rings. The fourth-order valence-electron chi connectivity index (χ4n) is 0.701. The molecule has 1 aliphatic rings. The zero-order valence-electron chi connectivity index (χ0n) is 4.96. The number of morpholine rings is 1. The third kappa shape index (κ3) is 1.40. The molecule has 52 valence electrons. The Kier molecular flexibility index (Phi) is 2.02. The number of hydrogen-bond donors (Lipinski definition) is 2. The molecule has 1 amide bonds. The molecule has 1 rings (SSSR count). The Morgan fingerprint density at radius 3 is 3.11 bits per heavy atom. The Balaban J connectivity index is 2.39. The highest BCUT2D eigenvalue weighted by Crippen LogP contribution is 1.94. The third-order valence-electron chi connectivity index (χ3n) is 1.18. The second-order valence-electron chi connectivity index (χ2n) is 1.83. The smallest absolute Gasteiger partial charge is 0.251 e. The van der Waals surface area contributed by atoms with E-state index >= 15 is 0 Å². The van der Waals surface area contributed by atoms with Gasteiger partial charge in [-0.1, -0.05) is 0 Å². The van der Waals surface area contributed by atoms with Gasteiger partial charge in [0.05, 0.1) is 13.2 Å². The maximum Gasteiger partial charge on any atom is 0.251 e. The number of rotatable bonds is 1. The van der Waals surface area contributed by atoms with Crippen LogP contribution in [0.1, 0.15) is 0 Å². The first kappa shape index (κ1) is 6.51. The van der Waals surface area contributed by atoms with Crippen molar-refractivity contribution in [1.82, 2.24) is 5.32 Å². The molecule has 0 aromatic carbocycles. The molecule has 0 aromatic heterocycles. The van der Waals surface area contributed by atoms with Crippen LogP contribution in [0.5, 0.6) is 0 Å². The van der Waals surface area contributed by atoms with Gasteiger partial charge in [0.2, 0.25) is 0 Å². The van der Waals surface area contributed by atoms with Gasteiger partial charge in [0, 0.05) is 6.54 Å². The number of aliphatic hydroxyl groups excluding tert-OH is 1. The summed E-state index contributed by atoms with van der Waals surface area (Å²) in [6.45, 7) is 0.818. The SMILES string of the molecule is O=C1NCCOC1CO. The van der Waals surface area contributed by atoms with Crippen LogP contribution < -0.4 is 5.32 Å².